The van der Waals surface area contributed by atoms with Gasteiger partial charge in [0.1, 0.15) is 5.82 Å². The first-order valence-electron chi connectivity index (χ1n) is 9.51. The van der Waals surface area contributed by atoms with Gasteiger partial charge in [-0.15, -0.1) is 5.10 Å². The second kappa shape index (κ2) is 8.95. The lowest BCUT2D eigenvalue weighted by molar-refractivity contribution is -0.135. The minimum absolute atomic E-state index is 0.0636. The molecule has 0 saturated carbocycles. The van der Waals surface area contributed by atoms with Crippen LogP contribution < -0.4 is 4.74 Å². The summed E-state index contributed by atoms with van der Waals surface area (Å²) >= 11 is 0. The van der Waals surface area contributed by atoms with E-state index in [4.69, 9.17) is 4.74 Å². The standard InChI is InChI=1S/C20H20F2N6O2/c21-15-4-3-5-16(12-15)28-19(23-24-25-28)13-26-8-10-27(11-9-26)20(29)14-30-18-7-2-1-6-17(18)22/h1-7,12H,8-11,13-14H2. The van der Waals surface area contributed by atoms with Gasteiger partial charge in [-0.2, -0.15) is 4.68 Å². The van der Waals surface area contributed by atoms with E-state index in [0.29, 0.717) is 44.2 Å². The molecule has 0 bridgehead atoms. The number of ether oxygens (including phenoxy) is 1. The van der Waals surface area contributed by atoms with Gasteiger partial charge in [-0.1, -0.05) is 18.2 Å². The molecule has 8 nitrogen and oxygen atoms in total. The average Bonchev–Trinajstić information content (AvgIpc) is 3.21. The minimum Gasteiger partial charge on any atom is -0.481 e. The van der Waals surface area contributed by atoms with Crippen molar-refractivity contribution in [1.82, 2.24) is 30.0 Å². The van der Waals surface area contributed by atoms with Crippen molar-refractivity contribution in [3.8, 4) is 11.4 Å². The molecule has 0 atom stereocenters. The maximum atomic E-state index is 13.6. The SMILES string of the molecule is O=C(COc1ccccc1F)N1CCN(Cc2nnnn2-c2cccc(F)c2)CC1. The number of benzene rings is 2. The molecule has 0 radical (unpaired) electrons. The number of carbonyl (C=O) groups is 1. The summed E-state index contributed by atoms with van der Waals surface area (Å²) in [5.41, 5.74) is 0.550. The molecule has 1 amide bonds. The van der Waals surface area contributed by atoms with Gasteiger partial charge in [-0.25, -0.2) is 8.78 Å². The number of rotatable bonds is 6. The lowest BCUT2D eigenvalue weighted by atomic mass is 10.3. The van der Waals surface area contributed by atoms with Crippen LogP contribution in [-0.4, -0.2) is 68.7 Å². The number of halogens is 2. The molecule has 2 aromatic carbocycles. The molecule has 1 aliphatic rings. The number of amides is 1. The van der Waals surface area contributed by atoms with Gasteiger partial charge in [0.25, 0.3) is 5.91 Å². The third-order valence-corrected chi connectivity index (χ3v) is 4.86. The average molecular weight is 414 g/mol. The molecule has 0 aliphatic carbocycles. The summed E-state index contributed by atoms with van der Waals surface area (Å²) in [7, 11) is 0. The van der Waals surface area contributed by atoms with Crippen molar-refractivity contribution >= 4 is 5.91 Å². The molecule has 30 heavy (non-hydrogen) atoms. The topological polar surface area (TPSA) is 76.4 Å². The van der Waals surface area contributed by atoms with Crippen LogP contribution in [0.2, 0.25) is 0 Å². The maximum absolute atomic E-state index is 13.6. The molecule has 2 heterocycles. The summed E-state index contributed by atoms with van der Waals surface area (Å²) < 4.78 is 33.9. The summed E-state index contributed by atoms with van der Waals surface area (Å²) in [5, 5.41) is 11.7. The molecule has 10 heteroatoms. The third-order valence-electron chi connectivity index (χ3n) is 4.86. The van der Waals surface area contributed by atoms with Crippen LogP contribution in [0.3, 0.4) is 0 Å². The number of nitrogens with zero attached hydrogens (tertiary/aromatic N) is 6. The molecule has 0 N–H and O–H groups in total. The van der Waals surface area contributed by atoms with Gasteiger partial charge in [0.05, 0.1) is 12.2 Å². The van der Waals surface area contributed by atoms with E-state index in [9.17, 15) is 13.6 Å². The number of piperazine rings is 1. The Morgan fingerprint density at radius 2 is 1.83 bits per heavy atom. The second-order valence-electron chi connectivity index (χ2n) is 6.86. The normalized spacial score (nSPS) is 14.7. The molecule has 1 saturated heterocycles. The lowest BCUT2D eigenvalue weighted by Gasteiger charge is -2.34. The van der Waals surface area contributed by atoms with Crippen LogP contribution in [0.25, 0.3) is 5.69 Å². The number of carbonyl (C=O) groups excluding carboxylic acids is 1. The van der Waals surface area contributed by atoms with Gasteiger partial charge in [0, 0.05) is 26.2 Å². The predicted molar refractivity (Wildman–Crippen MR) is 103 cm³/mol. The monoisotopic (exact) mass is 414 g/mol. The Hall–Kier alpha value is -3.40. The van der Waals surface area contributed by atoms with Gasteiger partial charge in [0.15, 0.2) is 24.0 Å². The quantitative estimate of drug-likeness (QED) is 0.611. The van der Waals surface area contributed by atoms with Crippen LogP contribution in [0, 0.1) is 11.6 Å². The van der Waals surface area contributed by atoms with E-state index in [1.54, 1.807) is 29.2 Å². The van der Waals surface area contributed by atoms with Crippen LogP contribution in [0.4, 0.5) is 8.78 Å². The first kappa shape index (κ1) is 19.9. The zero-order valence-corrected chi connectivity index (χ0v) is 16.1. The fraction of sp³-hybridized carbons (Fsp3) is 0.300. The largest absolute Gasteiger partial charge is 0.481 e. The van der Waals surface area contributed by atoms with Gasteiger partial charge in [0.2, 0.25) is 0 Å². The molecule has 3 aromatic rings. The number of hydrogen-bond donors (Lipinski definition) is 0. The smallest absolute Gasteiger partial charge is 0.260 e. The molecule has 0 spiro atoms. The first-order chi connectivity index (χ1) is 14.6. The van der Waals surface area contributed by atoms with E-state index in [-0.39, 0.29) is 24.1 Å². The summed E-state index contributed by atoms with van der Waals surface area (Å²) in [5.74, 6) is -0.399. The van der Waals surface area contributed by atoms with Crippen LogP contribution >= 0.6 is 0 Å². The van der Waals surface area contributed by atoms with Gasteiger partial charge in [-0.05, 0) is 40.8 Å². The Labute approximate surface area is 171 Å². The molecule has 1 aromatic heterocycles. The Morgan fingerprint density at radius 1 is 1.03 bits per heavy atom. The Bertz CT molecular complexity index is 1020. The summed E-state index contributed by atoms with van der Waals surface area (Å²) in [6.45, 7) is 2.54. The highest BCUT2D eigenvalue weighted by Gasteiger charge is 2.23. The minimum atomic E-state index is -0.494. The van der Waals surface area contributed by atoms with Crippen LogP contribution in [0.1, 0.15) is 5.82 Å². The Balaban J connectivity index is 1.30. The number of tetrazole rings is 1. The van der Waals surface area contributed by atoms with E-state index >= 15 is 0 Å². The van der Waals surface area contributed by atoms with E-state index in [2.05, 4.69) is 20.4 Å². The van der Waals surface area contributed by atoms with Crippen LogP contribution in [0.15, 0.2) is 48.5 Å². The van der Waals surface area contributed by atoms with E-state index in [1.807, 2.05) is 0 Å². The molecule has 0 unspecified atom stereocenters. The van der Waals surface area contributed by atoms with Crippen molar-refractivity contribution in [2.45, 2.75) is 6.54 Å². The fourth-order valence-electron chi connectivity index (χ4n) is 3.26. The number of aromatic nitrogens is 4. The lowest BCUT2D eigenvalue weighted by Crippen LogP contribution is -2.49. The summed E-state index contributed by atoms with van der Waals surface area (Å²) in [6, 6.07) is 12.1. The molecule has 1 aliphatic heterocycles. The zero-order valence-electron chi connectivity index (χ0n) is 16.1. The molecular weight excluding hydrogens is 394 g/mol. The van der Waals surface area contributed by atoms with Crippen molar-refractivity contribution in [3.05, 3.63) is 66.0 Å². The van der Waals surface area contributed by atoms with Gasteiger partial charge >= 0.3 is 0 Å². The van der Waals surface area contributed by atoms with Gasteiger partial charge in [-0.3, -0.25) is 9.69 Å². The Morgan fingerprint density at radius 3 is 2.60 bits per heavy atom. The van der Waals surface area contributed by atoms with Crippen molar-refractivity contribution in [2.24, 2.45) is 0 Å². The number of hydrogen-bond acceptors (Lipinski definition) is 6. The highest BCUT2D eigenvalue weighted by molar-refractivity contribution is 5.77. The highest BCUT2D eigenvalue weighted by atomic mass is 19.1. The predicted octanol–water partition coefficient (Wildman–Crippen LogP) is 1.66. The fourth-order valence-corrected chi connectivity index (χ4v) is 3.26. The molecule has 156 valence electrons. The third kappa shape index (κ3) is 4.60. The number of para-hydroxylation sites is 1. The van der Waals surface area contributed by atoms with Crippen molar-refractivity contribution in [1.29, 1.82) is 0 Å². The maximum Gasteiger partial charge on any atom is 0.260 e. The van der Waals surface area contributed by atoms with E-state index < -0.39 is 5.82 Å². The van der Waals surface area contributed by atoms with E-state index in [0.717, 1.165) is 0 Å². The first-order valence-corrected chi connectivity index (χ1v) is 9.51. The molecule has 1 fully saturated rings. The molecular formula is C20H20F2N6O2. The second-order valence-corrected chi connectivity index (χ2v) is 6.86. The van der Waals surface area contributed by atoms with Gasteiger partial charge < -0.3 is 9.64 Å². The van der Waals surface area contributed by atoms with Crippen LogP contribution in [-0.2, 0) is 11.3 Å². The van der Waals surface area contributed by atoms with E-state index in [1.165, 1.54) is 28.9 Å². The summed E-state index contributed by atoms with van der Waals surface area (Å²) in [4.78, 5) is 16.2. The zero-order chi connectivity index (χ0) is 20.9. The summed E-state index contributed by atoms with van der Waals surface area (Å²) in [6.07, 6.45) is 0. The van der Waals surface area contributed by atoms with Crippen LogP contribution in [0.5, 0.6) is 5.75 Å². The molecule has 4 rings (SSSR count). The van der Waals surface area contributed by atoms with Crippen molar-refractivity contribution in [2.75, 3.05) is 32.8 Å². The van der Waals surface area contributed by atoms with Crippen molar-refractivity contribution < 1.29 is 18.3 Å². The van der Waals surface area contributed by atoms with Crippen molar-refractivity contribution in [3.63, 3.8) is 0 Å². The highest BCUT2D eigenvalue weighted by Crippen LogP contribution is 2.16. The Kier molecular flexibility index (Phi) is 5.94.